The molecule has 0 bridgehead atoms. The van der Waals surface area contributed by atoms with Crippen molar-refractivity contribution in [1.29, 1.82) is 0 Å². The van der Waals surface area contributed by atoms with Gasteiger partial charge in [0.1, 0.15) is 71.1 Å². The first-order chi connectivity index (χ1) is 20.8. The number of esters is 1. The van der Waals surface area contributed by atoms with E-state index in [-0.39, 0.29) is 28.0 Å². The van der Waals surface area contributed by atoms with E-state index < -0.39 is 90.7 Å². The Morgan fingerprint density at radius 3 is 2.20 bits per heavy atom. The topological polar surface area (TPSA) is 246 Å². The van der Waals surface area contributed by atoms with E-state index in [1.165, 1.54) is 31.2 Å². The summed E-state index contributed by atoms with van der Waals surface area (Å²) in [5.74, 6) is -1.97. The highest BCUT2D eigenvalue weighted by Gasteiger charge is 2.48. The van der Waals surface area contributed by atoms with Crippen LogP contribution >= 0.6 is 0 Å². The summed E-state index contributed by atoms with van der Waals surface area (Å²) >= 11 is 0. The van der Waals surface area contributed by atoms with Gasteiger partial charge >= 0.3 is 5.97 Å². The van der Waals surface area contributed by atoms with Gasteiger partial charge in [-0.2, -0.15) is 0 Å². The lowest BCUT2D eigenvalue weighted by atomic mass is 9.89. The molecule has 0 radical (unpaired) electrons. The molecule has 15 heteroatoms. The third-order valence-electron chi connectivity index (χ3n) is 7.65. The number of fused-ring (bicyclic) bond motifs is 1. The quantitative estimate of drug-likeness (QED) is 0.157. The van der Waals surface area contributed by atoms with E-state index >= 15 is 0 Å². The number of ether oxygens (including phenoxy) is 4. The van der Waals surface area contributed by atoms with Crippen molar-refractivity contribution in [1.82, 2.24) is 0 Å². The van der Waals surface area contributed by atoms with Crippen molar-refractivity contribution in [2.24, 2.45) is 0 Å². The summed E-state index contributed by atoms with van der Waals surface area (Å²) in [6, 6.07) is 7.77. The Labute approximate surface area is 248 Å². The van der Waals surface area contributed by atoms with Gasteiger partial charge in [0.05, 0.1) is 18.3 Å². The predicted octanol–water partition coefficient (Wildman–Crippen LogP) is -0.837. The van der Waals surface area contributed by atoms with Crippen molar-refractivity contribution in [2.45, 2.75) is 75.1 Å². The van der Waals surface area contributed by atoms with Crippen molar-refractivity contribution in [3.8, 4) is 28.6 Å². The summed E-state index contributed by atoms with van der Waals surface area (Å²) in [6.07, 6.45) is -14.5. The van der Waals surface area contributed by atoms with E-state index in [0.29, 0.717) is 5.56 Å². The molecular formula is C29H32O15. The summed E-state index contributed by atoms with van der Waals surface area (Å²) in [5.41, 5.74) is -1.12. The summed E-state index contributed by atoms with van der Waals surface area (Å²) in [4.78, 5) is 24.7. The number of carbonyl (C=O) groups is 1. The second kappa shape index (κ2) is 12.3. The van der Waals surface area contributed by atoms with E-state index in [1.807, 2.05) is 0 Å². The van der Waals surface area contributed by atoms with Crippen LogP contribution in [0, 0.1) is 0 Å². The fourth-order valence-corrected chi connectivity index (χ4v) is 5.34. The first kappa shape index (κ1) is 31.6. The number of rotatable bonds is 6. The van der Waals surface area contributed by atoms with Gasteiger partial charge in [-0.1, -0.05) is 0 Å². The molecule has 0 amide bonds. The number of phenolic OH excluding ortho intramolecular Hbond substituents is 2. The van der Waals surface area contributed by atoms with Crippen molar-refractivity contribution in [3.63, 3.8) is 0 Å². The molecule has 238 valence electrons. The van der Waals surface area contributed by atoms with E-state index in [2.05, 4.69) is 0 Å². The predicted molar refractivity (Wildman–Crippen MR) is 147 cm³/mol. The second-order valence-corrected chi connectivity index (χ2v) is 10.7. The maximum Gasteiger partial charge on any atom is 0.303 e. The summed E-state index contributed by atoms with van der Waals surface area (Å²) in [6.45, 7) is 1.82. The standard InChI is InChI=1S/C29H32O15/c1-10-21(35)22(36)25(39)29(40-10)42-13-5-3-12(4-6-13)17-8-16(34)19-14(32)7-15(33)20(27(19)43-17)28-24(38)23(37)26(41-11(2)31)18(9-30)44-28/h3-8,10,18,21-26,28-30,32-33,35-39H,9H2,1-2H3. The lowest BCUT2D eigenvalue weighted by Gasteiger charge is -2.41. The van der Waals surface area contributed by atoms with E-state index in [9.17, 15) is 50.4 Å². The summed E-state index contributed by atoms with van der Waals surface area (Å²) in [7, 11) is 0. The average Bonchev–Trinajstić information content (AvgIpc) is 2.98. The number of aliphatic hydroxyl groups is 6. The molecule has 8 N–H and O–H groups in total. The molecule has 15 nitrogen and oxygen atoms in total. The number of carbonyl (C=O) groups excluding carboxylic acids is 1. The lowest BCUT2D eigenvalue weighted by Crippen LogP contribution is -2.58. The Morgan fingerprint density at radius 1 is 0.886 bits per heavy atom. The Hall–Kier alpha value is -3.80. The Bertz CT molecular complexity index is 1570. The maximum atomic E-state index is 13.2. The Kier molecular flexibility index (Phi) is 8.84. The van der Waals surface area contributed by atoms with Gasteiger partial charge in [0.2, 0.25) is 6.29 Å². The van der Waals surface area contributed by atoms with Crippen molar-refractivity contribution < 1.29 is 69.0 Å². The van der Waals surface area contributed by atoms with E-state index in [4.69, 9.17) is 23.4 Å². The summed E-state index contributed by atoms with van der Waals surface area (Å²) in [5, 5.41) is 82.5. The Morgan fingerprint density at radius 2 is 1.57 bits per heavy atom. The minimum absolute atomic E-state index is 0.0521. The zero-order valence-corrected chi connectivity index (χ0v) is 23.4. The van der Waals surface area contributed by atoms with Crippen molar-refractivity contribution >= 4 is 16.9 Å². The maximum absolute atomic E-state index is 13.2. The van der Waals surface area contributed by atoms with Crippen LogP contribution in [0.4, 0.5) is 0 Å². The number of hydrogen-bond acceptors (Lipinski definition) is 15. The molecule has 0 saturated carbocycles. The van der Waals surface area contributed by atoms with Gasteiger partial charge < -0.3 is 64.2 Å². The molecule has 2 aliphatic heterocycles. The Balaban J connectivity index is 1.50. The van der Waals surface area contributed by atoms with Crippen LogP contribution in [0.1, 0.15) is 25.5 Å². The number of aromatic hydroxyl groups is 2. The minimum Gasteiger partial charge on any atom is -0.507 e. The second-order valence-electron chi connectivity index (χ2n) is 10.7. The van der Waals surface area contributed by atoms with Crippen LogP contribution in [0.2, 0.25) is 0 Å². The number of benzene rings is 2. The van der Waals surface area contributed by atoms with Gasteiger partial charge in [-0.05, 0) is 31.2 Å². The normalized spacial score (nSPS) is 32.4. The molecule has 0 aliphatic carbocycles. The zero-order valence-electron chi connectivity index (χ0n) is 23.4. The molecule has 44 heavy (non-hydrogen) atoms. The molecule has 5 rings (SSSR count). The molecule has 3 heterocycles. The van der Waals surface area contributed by atoms with Crippen LogP contribution in [-0.2, 0) is 19.0 Å². The number of phenols is 2. The van der Waals surface area contributed by atoms with Gasteiger partial charge in [-0.15, -0.1) is 0 Å². The van der Waals surface area contributed by atoms with E-state index in [0.717, 1.165) is 19.1 Å². The third-order valence-corrected chi connectivity index (χ3v) is 7.65. The van der Waals surface area contributed by atoms with Crippen LogP contribution in [0.15, 0.2) is 45.6 Å². The first-order valence-electron chi connectivity index (χ1n) is 13.6. The van der Waals surface area contributed by atoms with E-state index in [1.54, 1.807) is 0 Å². The first-order valence-corrected chi connectivity index (χ1v) is 13.6. The number of hydrogen-bond donors (Lipinski definition) is 8. The molecule has 0 spiro atoms. The van der Waals surface area contributed by atoms with Crippen molar-refractivity contribution in [2.75, 3.05) is 6.61 Å². The average molecular weight is 621 g/mol. The van der Waals surface area contributed by atoms with Gasteiger partial charge in [-0.3, -0.25) is 9.59 Å². The molecular weight excluding hydrogens is 588 g/mol. The summed E-state index contributed by atoms with van der Waals surface area (Å²) < 4.78 is 27.8. The lowest BCUT2D eigenvalue weighted by molar-refractivity contribution is -0.268. The third kappa shape index (κ3) is 5.71. The molecule has 10 atom stereocenters. The van der Waals surface area contributed by atoms with Crippen LogP contribution in [-0.4, -0.2) is 109 Å². The number of aliphatic hydroxyl groups excluding tert-OH is 6. The fraction of sp³-hybridized carbons (Fsp3) is 0.448. The highest BCUT2D eigenvalue weighted by molar-refractivity contribution is 5.89. The molecule has 2 saturated heterocycles. The molecule has 3 aromatic rings. The van der Waals surface area contributed by atoms with Crippen molar-refractivity contribution in [3.05, 3.63) is 52.2 Å². The largest absolute Gasteiger partial charge is 0.507 e. The van der Waals surface area contributed by atoms with Gasteiger partial charge in [0.25, 0.3) is 0 Å². The van der Waals surface area contributed by atoms with Crippen LogP contribution in [0.3, 0.4) is 0 Å². The smallest absolute Gasteiger partial charge is 0.303 e. The molecule has 1 aromatic heterocycles. The van der Waals surface area contributed by atoms with Gasteiger partial charge in [0.15, 0.2) is 17.1 Å². The van der Waals surface area contributed by atoms with Crippen LogP contribution in [0.5, 0.6) is 17.2 Å². The van der Waals surface area contributed by atoms with Crippen LogP contribution < -0.4 is 10.2 Å². The fourth-order valence-electron chi connectivity index (χ4n) is 5.34. The molecule has 10 unspecified atom stereocenters. The molecule has 2 aliphatic rings. The monoisotopic (exact) mass is 620 g/mol. The van der Waals surface area contributed by atoms with Crippen LogP contribution in [0.25, 0.3) is 22.3 Å². The highest BCUT2D eigenvalue weighted by Crippen LogP contribution is 2.44. The van der Waals surface area contributed by atoms with Gasteiger partial charge in [-0.25, -0.2) is 0 Å². The highest BCUT2D eigenvalue weighted by atomic mass is 16.7. The van der Waals surface area contributed by atoms with Gasteiger partial charge in [0, 0.05) is 24.6 Å². The molecule has 2 aromatic carbocycles. The SMILES string of the molecule is CC(=O)OC1C(CO)OC(c2c(O)cc(O)c3c(=O)cc(-c4ccc(OC5OC(C)C(O)C(O)C5O)cc4)oc23)C(O)C1O. The molecule has 2 fully saturated rings. The minimum atomic E-state index is -1.84. The zero-order chi connectivity index (χ0) is 32.0.